The zero-order chi connectivity index (χ0) is 18.9. The summed E-state index contributed by atoms with van der Waals surface area (Å²) in [7, 11) is 0. The van der Waals surface area contributed by atoms with Crippen LogP contribution >= 0.6 is 0 Å². The molecule has 1 rings (SSSR count). The molecule has 25 heavy (non-hydrogen) atoms. The molecule has 0 spiro atoms. The molecule has 0 saturated carbocycles. The molecule has 0 radical (unpaired) electrons. The van der Waals surface area contributed by atoms with Gasteiger partial charge in [-0.15, -0.1) is 0 Å². The van der Waals surface area contributed by atoms with Crippen LogP contribution < -0.4 is 15.5 Å². The van der Waals surface area contributed by atoms with Gasteiger partial charge in [0.05, 0.1) is 0 Å². The standard InChI is InChI=1S/C19H31N3O3/c1-6-22(7-2)16-12-10-15(11-13-16)21-17(23)9-8-14-20-18(24)25-19(3,4)5/h10-13H,6-9,14H2,1-5H3,(H,20,24)(H,21,23). The van der Waals surface area contributed by atoms with E-state index in [9.17, 15) is 9.59 Å². The van der Waals surface area contributed by atoms with Gasteiger partial charge in [0.2, 0.25) is 5.91 Å². The van der Waals surface area contributed by atoms with E-state index in [0.29, 0.717) is 19.4 Å². The van der Waals surface area contributed by atoms with Crippen molar-refractivity contribution in [2.45, 2.75) is 53.1 Å². The zero-order valence-corrected chi connectivity index (χ0v) is 16.0. The summed E-state index contributed by atoms with van der Waals surface area (Å²) in [5, 5.41) is 5.51. The molecule has 1 aromatic rings. The Kier molecular flexibility index (Phi) is 8.25. The highest BCUT2D eigenvalue weighted by Crippen LogP contribution is 2.17. The van der Waals surface area contributed by atoms with E-state index in [1.165, 1.54) is 0 Å². The van der Waals surface area contributed by atoms with Gasteiger partial charge < -0.3 is 20.3 Å². The number of hydrogen-bond donors (Lipinski definition) is 2. The fourth-order valence-corrected chi connectivity index (χ4v) is 2.32. The van der Waals surface area contributed by atoms with Gasteiger partial charge in [-0.1, -0.05) is 0 Å². The molecule has 0 aliphatic heterocycles. The summed E-state index contributed by atoms with van der Waals surface area (Å²) < 4.78 is 5.13. The van der Waals surface area contributed by atoms with Crippen molar-refractivity contribution in [1.82, 2.24) is 5.32 Å². The Morgan fingerprint density at radius 2 is 1.68 bits per heavy atom. The predicted octanol–water partition coefficient (Wildman–Crippen LogP) is 3.78. The van der Waals surface area contributed by atoms with Gasteiger partial charge in [0.15, 0.2) is 0 Å². The second-order valence-electron chi connectivity index (χ2n) is 6.80. The molecule has 2 N–H and O–H groups in total. The van der Waals surface area contributed by atoms with Gasteiger partial charge in [-0.25, -0.2) is 4.79 Å². The maximum Gasteiger partial charge on any atom is 0.407 e. The van der Waals surface area contributed by atoms with Crippen LogP contribution in [-0.4, -0.2) is 37.2 Å². The number of benzene rings is 1. The quantitative estimate of drug-likeness (QED) is 0.701. The molecule has 0 aromatic heterocycles. The topological polar surface area (TPSA) is 70.7 Å². The Morgan fingerprint density at radius 1 is 1.08 bits per heavy atom. The van der Waals surface area contributed by atoms with Crippen molar-refractivity contribution in [2.75, 3.05) is 29.9 Å². The molecule has 6 heteroatoms. The smallest absolute Gasteiger partial charge is 0.407 e. The number of amides is 2. The first kappa shape index (κ1) is 20.8. The summed E-state index contributed by atoms with van der Waals surface area (Å²) >= 11 is 0. The normalized spacial score (nSPS) is 10.9. The molecule has 0 fully saturated rings. The molecule has 0 atom stereocenters. The lowest BCUT2D eigenvalue weighted by Gasteiger charge is -2.21. The first-order valence-electron chi connectivity index (χ1n) is 8.87. The van der Waals surface area contributed by atoms with Gasteiger partial charge in [-0.05, 0) is 65.3 Å². The number of carbonyl (C=O) groups excluding carboxylic acids is 2. The van der Waals surface area contributed by atoms with Crippen molar-refractivity contribution in [1.29, 1.82) is 0 Å². The zero-order valence-electron chi connectivity index (χ0n) is 16.0. The van der Waals surface area contributed by atoms with E-state index >= 15 is 0 Å². The lowest BCUT2D eigenvalue weighted by Crippen LogP contribution is -2.33. The van der Waals surface area contributed by atoms with Crippen molar-refractivity contribution in [3.8, 4) is 0 Å². The largest absolute Gasteiger partial charge is 0.444 e. The molecule has 0 aliphatic rings. The van der Waals surface area contributed by atoms with E-state index in [1.54, 1.807) is 0 Å². The third-order valence-electron chi connectivity index (χ3n) is 3.53. The van der Waals surface area contributed by atoms with Gasteiger partial charge in [-0.3, -0.25) is 4.79 Å². The molecule has 2 amide bonds. The molecule has 140 valence electrons. The number of nitrogens with zero attached hydrogens (tertiary/aromatic N) is 1. The maximum atomic E-state index is 12.0. The number of rotatable bonds is 8. The van der Waals surface area contributed by atoms with Crippen molar-refractivity contribution >= 4 is 23.4 Å². The van der Waals surface area contributed by atoms with Crippen LogP contribution in [0.1, 0.15) is 47.5 Å². The first-order chi connectivity index (χ1) is 11.7. The Labute approximate surface area is 150 Å². The van der Waals surface area contributed by atoms with Crippen LogP contribution in [-0.2, 0) is 9.53 Å². The van der Waals surface area contributed by atoms with E-state index in [1.807, 2.05) is 45.0 Å². The maximum absolute atomic E-state index is 12.0. The van der Waals surface area contributed by atoms with Crippen LogP contribution in [0.5, 0.6) is 0 Å². The highest BCUT2D eigenvalue weighted by atomic mass is 16.6. The Balaban J connectivity index is 2.31. The molecular formula is C19H31N3O3. The second kappa shape index (κ2) is 9.91. The van der Waals surface area contributed by atoms with E-state index in [-0.39, 0.29) is 5.91 Å². The molecule has 0 bridgehead atoms. The van der Waals surface area contributed by atoms with Gasteiger partial charge >= 0.3 is 6.09 Å². The van der Waals surface area contributed by atoms with Gasteiger partial charge in [0.25, 0.3) is 0 Å². The molecular weight excluding hydrogens is 318 g/mol. The second-order valence-corrected chi connectivity index (χ2v) is 6.80. The predicted molar refractivity (Wildman–Crippen MR) is 102 cm³/mol. The minimum Gasteiger partial charge on any atom is -0.444 e. The molecule has 0 unspecified atom stereocenters. The van der Waals surface area contributed by atoms with Gasteiger partial charge in [0, 0.05) is 37.4 Å². The average Bonchev–Trinajstić information content (AvgIpc) is 2.53. The summed E-state index contributed by atoms with van der Waals surface area (Å²) in [5.74, 6) is -0.0680. The van der Waals surface area contributed by atoms with Crippen molar-refractivity contribution < 1.29 is 14.3 Å². The molecule has 6 nitrogen and oxygen atoms in total. The number of nitrogens with one attached hydrogen (secondary N) is 2. The summed E-state index contributed by atoms with van der Waals surface area (Å²) in [6.45, 7) is 12.0. The minimum atomic E-state index is -0.515. The van der Waals surface area contributed by atoms with Crippen LogP contribution in [0.3, 0.4) is 0 Å². The average molecular weight is 349 g/mol. The molecule has 1 aromatic carbocycles. The van der Waals surface area contributed by atoms with Crippen molar-refractivity contribution in [3.05, 3.63) is 24.3 Å². The fraction of sp³-hybridized carbons (Fsp3) is 0.579. The SMILES string of the molecule is CCN(CC)c1ccc(NC(=O)CCCNC(=O)OC(C)(C)C)cc1. The lowest BCUT2D eigenvalue weighted by molar-refractivity contribution is -0.116. The first-order valence-corrected chi connectivity index (χ1v) is 8.87. The van der Waals surface area contributed by atoms with Crippen LogP contribution in [0.15, 0.2) is 24.3 Å². The van der Waals surface area contributed by atoms with Crippen LogP contribution in [0, 0.1) is 0 Å². The number of hydrogen-bond acceptors (Lipinski definition) is 4. The Morgan fingerprint density at radius 3 is 2.20 bits per heavy atom. The van der Waals surface area contributed by atoms with Crippen LogP contribution in [0.4, 0.5) is 16.2 Å². The van der Waals surface area contributed by atoms with Crippen molar-refractivity contribution in [3.63, 3.8) is 0 Å². The minimum absolute atomic E-state index is 0.0680. The molecule has 0 heterocycles. The Hall–Kier alpha value is -2.24. The molecule has 0 aliphatic carbocycles. The third kappa shape index (κ3) is 8.42. The van der Waals surface area contributed by atoms with Gasteiger partial charge in [0.1, 0.15) is 5.60 Å². The number of alkyl carbamates (subject to hydrolysis) is 1. The van der Waals surface area contributed by atoms with Crippen LogP contribution in [0.25, 0.3) is 0 Å². The summed E-state index contributed by atoms with van der Waals surface area (Å²) in [5.41, 5.74) is 1.41. The van der Waals surface area contributed by atoms with Gasteiger partial charge in [-0.2, -0.15) is 0 Å². The summed E-state index contributed by atoms with van der Waals surface area (Å²) in [4.78, 5) is 25.7. The molecule has 0 saturated heterocycles. The summed E-state index contributed by atoms with van der Waals surface area (Å²) in [6.07, 6.45) is 0.441. The van der Waals surface area contributed by atoms with E-state index in [2.05, 4.69) is 29.4 Å². The van der Waals surface area contributed by atoms with Crippen molar-refractivity contribution in [2.24, 2.45) is 0 Å². The number of carbonyl (C=O) groups is 2. The Bertz CT molecular complexity index is 546. The van der Waals surface area contributed by atoms with E-state index in [0.717, 1.165) is 24.5 Å². The van der Waals surface area contributed by atoms with E-state index < -0.39 is 11.7 Å². The highest BCUT2D eigenvalue weighted by molar-refractivity contribution is 5.90. The number of ether oxygens (including phenoxy) is 1. The lowest BCUT2D eigenvalue weighted by atomic mass is 10.2. The fourth-order valence-electron chi connectivity index (χ4n) is 2.32. The number of anilines is 2. The summed E-state index contributed by atoms with van der Waals surface area (Å²) in [6, 6.07) is 7.83. The van der Waals surface area contributed by atoms with Crippen LogP contribution in [0.2, 0.25) is 0 Å². The monoisotopic (exact) mass is 349 g/mol. The highest BCUT2D eigenvalue weighted by Gasteiger charge is 2.15. The van der Waals surface area contributed by atoms with E-state index in [4.69, 9.17) is 4.74 Å². The third-order valence-corrected chi connectivity index (χ3v) is 3.53.